The molecule has 0 aliphatic rings. The van der Waals surface area contributed by atoms with Crippen LogP contribution >= 0.6 is 0 Å². The first-order valence-electron chi connectivity index (χ1n) is 5.66. The molecule has 1 rings (SSSR count). The number of carbonyl (C=O) groups is 1. The van der Waals surface area contributed by atoms with Gasteiger partial charge in [-0.15, -0.1) is 0 Å². The van der Waals surface area contributed by atoms with Gasteiger partial charge in [0.15, 0.2) is 0 Å². The molecule has 3 nitrogen and oxygen atoms in total. The standard InChI is InChI=1S/C14H18O3/c1-11(6-3-4-9-14(15)16)12-7-5-8-13(10-12)17-2/h5-8,10H,3-4,9H2,1-2H3,(H,15,16)/b11-6+. The minimum absolute atomic E-state index is 0.224. The Labute approximate surface area is 102 Å². The van der Waals surface area contributed by atoms with Crippen LogP contribution in [0.25, 0.3) is 5.57 Å². The minimum atomic E-state index is -0.738. The van der Waals surface area contributed by atoms with Crippen molar-refractivity contribution in [1.82, 2.24) is 0 Å². The zero-order chi connectivity index (χ0) is 12.7. The van der Waals surface area contributed by atoms with E-state index in [0.717, 1.165) is 23.3 Å². The molecule has 0 radical (unpaired) electrons. The normalized spacial score (nSPS) is 11.3. The number of hydrogen-bond acceptors (Lipinski definition) is 2. The van der Waals surface area contributed by atoms with Gasteiger partial charge in [0.05, 0.1) is 7.11 Å². The Morgan fingerprint density at radius 2 is 2.24 bits per heavy atom. The predicted molar refractivity (Wildman–Crippen MR) is 68.1 cm³/mol. The fraction of sp³-hybridized carbons (Fsp3) is 0.357. The first-order chi connectivity index (χ1) is 8.13. The number of aliphatic carboxylic acids is 1. The van der Waals surface area contributed by atoms with Gasteiger partial charge >= 0.3 is 5.97 Å². The molecule has 17 heavy (non-hydrogen) atoms. The summed E-state index contributed by atoms with van der Waals surface area (Å²) in [5.74, 6) is 0.0956. The Bertz CT molecular complexity index is 408. The highest BCUT2D eigenvalue weighted by atomic mass is 16.5. The summed E-state index contributed by atoms with van der Waals surface area (Å²) in [7, 11) is 1.64. The molecule has 0 saturated carbocycles. The Balaban J connectivity index is 2.58. The third-order valence-electron chi connectivity index (χ3n) is 2.57. The van der Waals surface area contributed by atoms with E-state index in [4.69, 9.17) is 9.84 Å². The van der Waals surface area contributed by atoms with Crippen LogP contribution in [-0.4, -0.2) is 18.2 Å². The summed E-state index contributed by atoms with van der Waals surface area (Å²) in [6.45, 7) is 2.02. The molecule has 0 amide bonds. The Kier molecular flexibility index (Phi) is 5.27. The predicted octanol–water partition coefficient (Wildman–Crippen LogP) is 3.35. The van der Waals surface area contributed by atoms with Gasteiger partial charge in [0.1, 0.15) is 5.75 Å². The van der Waals surface area contributed by atoms with Crippen molar-refractivity contribution in [2.24, 2.45) is 0 Å². The van der Waals surface area contributed by atoms with Gasteiger partial charge in [-0.3, -0.25) is 4.79 Å². The SMILES string of the molecule is COc1cccc(/C(C)=C/CCCC(=O)O)c1. The highest BCUT2D eigenvalue weighted by Crippen LogP contribution is 2.20. The molecule has 0 unspecified atom stereocenters. The highest BCUT2D eigenvalue weighted by Gasteiger charge is 1.99. The van der Waals surface area contributed by atoms with Gasteiger partial charge in [0.25, 0.3) is 0 Å². The molecular weight excluding hydrogens is 216 g/mol. The van der Waals surface area contributed by atoms with E-state index < -0.39 is 5.97 Å². The van der Waals surface area contributed by atoms with Crippen molar-refractivity contribution in [3.63, 3.8) is 0 Å². The monoisotopic (exact) mass is 234 g/mol. The minimum Gasteiger partial charge on any atom is -0.497 e. The van der Waals surface area contributed by atoms with Gasteiger partial charge in [0, 0.05) is 6.42 Å². The average molecular weight is 234 g/mol. The molecule has 92 valence electrons. The van der Waals surface area contributed by atoms with Crippen molar-refractivity contribution in [2.45, 2.75) is 26.2 Å². The number of carboxylic acids is 1. The maximum atomic E-state index is 10.4. The van der Waals surface area contributed by atoms with Crippen LogP contribution in [0, 0.1) is 0 Å². The van der Waals surface area contributed by atoms with E-state index in [-0.39, 0.29) is 6.42 Å². The van der Waals surface area contributed by atoms with Crippen LogP contribution in [0.3, 0.4) is 0 Å². The molecule has 1 N–H and O–H groups in total. The van der Waals surface area contributed by atoms with Crippen LogP contribution in [0.15, 0.2) is 30.3 Å². The summed E-state index contributed by atoms with van der Waals surface area (Å²) in [5.41, 5.74) is 2.26. The molecule has 0 fully saturated rings. The molecule has 1 aromatic rings. The summed E-state index contributed by atoms with van der Waals surface area (Å²) < 4.78 is 5.16. The van der Waals surface area contributed by atoms with Gasteiger partial charge < -0.3 is 9.84 Å². The van der Waals surface area contributed by atoms with Crippen LogP contribution in [-0.2, 0) is 4.79 Å². The second-order valence-electron chi connectivity index (χ2n) is 3.91. The lowest BCUT2D eigenvalue weighted by Gasteiger charge is -2.04. The summed E-state index contributed by atoms with van der Waals surface area (Å²) in [4.78, 5) is 10.4. The summed E-state index contributed by atoms with van der Waals surface area (Å²) in [6.07, 6.45) is 3.76. The van der Waals surface area contributed by atoms with Crippen LogP contribution in [0.5, 0.6) is 5.75 Å². The largest absolute Gasteiger partial charge is 0.497 e. The lowest BCUT2D eigenvalue weighted by molar-refractivity contribution is -0.137. The van der Waals surface area contributed by atoms with Crippen molar-refractivity contribution < 1.29 is 14.6 Å². The molecule has 3 heteroatoms. The molecule has 0 aromatic heterocycles. The first-order valence-corrected chi connectivity index (χ1v) is 5.66. The second kappa shape index (κ2) is 6.74. The molecule has 0 bridgehead atoms. The second-order valence-corrected chi connectivity index (χ2v) is 3.91. The number of carboxylic acid groups (broad SMARTS) is 1. The number of methoxy groups -OCH3 is 1. The van der Waals surface area contributed by atoms with Crippen LogP contribution < -0.4 is 4.74 Å². The highest BCUT2D eigenvalue weighted by molar-refractivity contribution is 5.67. The fourth-order valence-corrected chi connectivity index (χ4v) is 1.56. The average Bonchev–Trinajstić information content (AvgIpc) is 2.34. The van der Waals surface area contributed by atoms with Gasteiger partial charge in [-0.05, 0) is 43.0 Å². The van der Waals surface area contributed by atoms with Gasteiger partial charge in [-0.2, -0.15) is 0 Å². The summed E-state index contributed by atoms with van der Waals surface area (Å²) in [5, 5.41) is 8.53. The molecule has 0 aliphatic carbocycles. The van der Waals surface area contributed by atoms with Gasteiger partial charge in [-0.1, -0.05) is 18.2 Å². The number of allylic oxidation sites excluding steroid dienone is 2. The van der Waals surface area contributed by atoms with Crippen molar-refractivity contribution in [3.8, 4) is 5.75 Å². The smallest absolute Gasteiger partial charge is 0.303 e. The van der Waals surface area contributed by atoms with E-state index >= 15 is 0 Å². The van der Waals surface area contributed by atoms with E-state index in [9.17, 15) is 4.79 Å². The molecule has 0 aliphatic heterocycles. The third-order valence-corrected chi connectivity index (χ3v) is 2.57. The molecule has 0 spiro atoms. The van der Waals surface area contributed by atoms with Gasteiger partial charge in [-0.25, -0.2) is 0 Å². The van der Waals surface area contributed by atoms with E-state index in [1.807, 2.05) is 31.2 Å². The number of hydrogen-bond donors (Lipinski definition) is 1. The van der Waals surface area contributed by atoms with Crippen LogP contribution in [0.2, 0.25) is 0 Å². The Morgan fingerprint density at radius 3 is 2.88 bits per heavy atom. The number of unbranched alkanes of at least 4 members (excludes halogenated alkanes) is 1. The van der Waals surface area contributed by atoms with E-state index in [0.29, 0.717) is 6.42 Å². The van der Waals surface area contributed by atoms with Crippen LogP contribution in [0.4, 0.5) is 0 Å². The molecular formula is C14H18O3. The van der Waals surface area contributed by atoms with Crippen molar-refractivity contribution in [1.29, 1.82) is 0 Å². The van der Waals surface area contributed by atoms with Crippen molar-refractivity contribution in [2.75, 3.05) is 7.11 Å². The van der Waals surface area contributed by atoms with E-state index in [2.05, 4.69) is 6.08 Å². The van der Waals surface area contributed by atoms with Crippen molar-refractivity contribution in [3.05, 3.63) is 35.9 Å². The fourth-order valence-electron chi connectivity index (χ4n) is 1.56. The maximum Gasteiger partial charge on any atom is 0.303 e. The van der Waals surface area contributed by atoms with E-state index in [1.54, 1.807) is 7.11 Å². The summed E-state index contributed by atoms with van der Waals surface area (Å²) >= 11 is 0. The zero-order valence-corrected chi connectivity index (χ0v) is 10.3. The molecule has 0 atom stereocenters. The number of ether oxygens (including phenoxy) is 1. The van der Waals surface area contributed by atoms with Gasteiger partial charge in [0.2, 0.25) is 0 Å². The topological polar surface area (TPSA) is 46.5 Å². The lowest BCUT2D eigenvalue weighted by Crippen LogP contribution is -1.92. The van der Waals surface area contributed by atoms with Crippen LogP contribution in [0.1, 0.15) is 31.7 Å². The third kappa shape index (κ3) is 4.72. The zero-order valence-electron chi connectivity index (χ0n) is 10.3. The quantitative estimate of drug-likeness (QED) is 0.768. The summed E-state index contributed by atoms with van der Waals surface area (Å²) in [6, 6.07) is 7.85. The lowest BCUT2D eigenvalue weighted by atomic mass is 10.1. The number of benzene rings is 1. The van der Waals surface area contributed by atoms with Crippen molar-refractivity contribution >= 4 is 11.5 Å². The molecule has 0 heterocycles. The molecule has 0 saturated heterocycles. The Hall–Kier alpha value is -1.77. The van der Waals surface area contributed by atoms with E-state index in [1.165, 1.54) is 0 Å². The Morgan fingerprint density at radius 1 is 1.47 bits per heavy atom. The maximum absolute atomic E-state index is 10.4. The first kappa shape index (κ1) is 13.3. The number of rotatable bonds is 6. The molecule has 1 aromatic carbocycles.